The molecule has 1 fully saturated rings. The third-order valence-electron chi connectivity index (χ3n) is 4.16. The Kier molecular flexibility index (Phi) is 4.94. The highest BCUT2D eigenvalue weighted by Crippen LogP contribution is 2.38. The maximum absolute atomic E-state index is 12.5. The summed E-state index contributed by atoms with van der Waals surface area (Å²) in [5.74, 6) is 0.907. The van der Waals surface area contributed by atoms with E-state index in [1.165, 1.54) is 12.8 Å². The van der Waals surface area contributed by atoms with Crippen LogP contribution in [0.4, 0.5) is 8.78 Å². The van der Waals surface area contributed by atoms with Crippen LogP contribution in [0.2, 0.25) is 0 Å². The maximum Gasteiger partial charge on any atom is 0.387 e. The first kappa shape index (κ1) is 15.2. The number of benzene rings is 1. The number of ether oxygens (including phenoxy) is 1. The average molecular weight is 284 g/mol. The first-order valence-corrected chi connectivity index (χ1v) is 7.00. The Hall–Kier alpha value is -1.20. The summed E-state index contributed by atoms with van der Waals surface area (Å²) < 4.78 is 29.6. The zero-order valence-electron chi connectivity index (χ0n) is 11.9. The lowest BCUT2D eigenvalue weighted by Crippen LogP contribution is -2.38. The van der Waals surface area contributed by atoms with Crippen molar-refractivity contribution in [3.63, 3.8) is 0 Å². The number of nitrogens with two attached hydrogens (primary N) is 1. The van der Waals surface area contributed by atoms with Crippen molar-refractivity contribution in [3.8, 4) is 5.75 Å². The number of hydrogen-bond donors (Lipinski definition) is 1. The summed E-state index contributed by atoms with van der Waals surface area (Å²) in [6, 6.07) is 7.18. The van der Waals surface area contributed by atoms with Crippen molar-refractivity contribution < 1.29 is 13.5 Å². The molecular formula is C15H22F2N2O. The molecule has 1 saturated carbocycles. The van der Waals surface area contributed by atoms with E-state index in [0.29, 0.717) is 18.5 Å². The lowest BCUT2D eigenvalue weighted by atomic mass is 10.0. The van der Waals surface area contributed by atoms with E-state index >= 15 is 0 Å². The Balaban J connectivity index is 2.21. The largest absolute Gasteiger partial charge is 0.434 e. The van der Waals surface area contributed by atoms with Gasteiger partial charge in [0, 0.05) is 18.2 Å². The molecule has 2 atom stereocenters. The lowest BCUT2D eigenvalue weighted by Gasteiger charge is -2.33. The summed E-state index contributed by atoms with van der Waals surface area (Å²) in [6.07, 6.45) is 2.47. The Morgan fingerprint density at radius 3 is 2.55 bits per heavy atom. The molecule has 0 aliphatic heterocycles. The van der Waals surface area contributed by atoms with Crippen LogP contribution in [0.3, 0.4) is 0 Å². The Bertz CT molecular complexity index is 438. The van der Waals surface area contributed by atoms with Crippen LogP contribution < -0.4 is 10.5 Å². The SMILES string of the molecule is CC(C1CC1)N(C)C(CN)c1ccccc1OC(F)F. The zero-order valence-corrected chi connectivity index (χ0v) is 11.9. The van der Waals surface area contributed by atoms with Crippen LogP contribution in [0.5, 0.6) is 5.75 Å². The molecule has 0 saturated heterocycles. The fourth-order valence-corrected chi connectivity index (χ4v) is 2.67. The quantitative estimate of drug-likeness (QED) is 0.836. The molecule has 1 aliphatic carbocycles. The van der Waals surface area contributed by atoms with E-state index in [1.807, 2.05) is 19.2 Å². The van der Waals surface area contributed by atoms with Crippen LogP contribution in [-0.4, -0.2) is 31.1 Å². The van der Waals surface area contributed by atoms with Gasteiger partial charge in [-0.3, -0.25) is 4.90 Å². The molecule has 0 heterocycles. The lowest BCUT2D eigenvalue weighted by molar-refractivity contribution is -0.0512. The Morgan fingerprint density at radius 1 is 1.35 bits per heavy atom. The Morgan fingerprint density at radius 2 is 2.00 bits per heavy atom. The monoisotopic (exact) mass is 284 g/mol. The summed E-state index contributed by atoms with van der Waals surface area (Å²) in [5.41, 5.74) is 6.61. The molecule has 1 aromatic rings. The average Bonchev–Trinajstić information content (AvgIpc) is 3.24. The summed E-state index contributed by atoms with van der Waals surface area (Å²) in [4.78, 5) is 2.17. The van der Waals surface area contributed by atoms with Gasteiger partial charge in [0.25, 0.3) is 0 Å². The van der Waals surface area contributed by atoms with Gasteiger partial charge in [-0.2, -0.15) is 8.78 Å². The normalized spacial score (nSPS) is 18.4. The van der Waals surface area contributed by atoms with E-state index < -0.39 is 6.61 Å². The van der Waals surface area contributed by atoms with Crippen LogP contribution in [0, 0.1) is 5.92 Å². The molecular weight excluding hydrogens is 262 g/mol. The summed E-state index contributed by atoms with van der Waals surface area (Å²) >= 11 is 0. The zero-order chi connectivity index (χ0) is 14.7. The van der Waals surface area contributed by atoms with Crippen molar-refractivity contribution in [1.82, 2.24) is 4.90 Å². The fourth-order valence-electron chi connectivity index (χ4n) is 2.67. The number of alkyl halides is 2. The molecule has 2 rings (SSSR count). The van der Waals surface area contributed by atoms with Crippen LogP contribution in [0.1, 0.15) is 31.4 Å². The van der Waals surface area contributed by atoms with Crippen LogP contribution >= 0.6 is 0 Å². The second kappa shape index (κ2) is 6.50. The first-order valence-electron chi connectivity index (χ1n) is 7.00. The van der Waals surface area contributed by atoms with Crippen molar-refractivity contribution in [2.75, 3.05) is 13.6 Å². The maximum atomic E-state index is 12.5. The van der Waals surface area contributed by atoms with Gasteiger partial charge in [-0.1, -0.05) is 18.2 Å². The van der Waals surface area contributed by atoms with E-state index in [-0.39, 0.29) is 11.8 Å². The van der Waals surface area contributed by atoms with Gasteiger partial charge < -0.3 is 10.5 Å². The predicted octanol–water partition coefficient (Wildman–Crippen LogP) is 3.02. The van der Waals surface area contributed by atoms with E-state index in [1.54, 1.807) is 12.1 Å². The number of nitrogens with zero attached hydrogens (tertiary/aromatic N) is 1. The molecule has 0 amide bonds. The van der Waals surface area contributed by atoms with Crippen LogP contribution in [0.25, 0.3) is 0 Å². The molecule has 0 bridgehead atoms. The summed E-state index contributed by atoms with van der Waals surface area (Å²) in [5, 5.41) is 0. The minimum Gasteiger partial charge on any atom is -0.434 e. The molecule has 5 heteroatoms. The van der Waals surface area contributed by atoms with Crippen LogP contribution in [-0.2, 0) is 0 Å². The molecule has 3 nitrogen and oxygen atoms in total. The minimum atomic E-state index is -2.82. The fraction of sp³-hybridized carbons (Fsp3) is 0.600. The van der Waals surface area contributed by atoms with E-state index in [2.05, 4.69) is 16.6 Å². The number of para-hydroxylation sites is 1. The minimum absolute atomic E-state index is 0.111. The van der Waals surface area contributed by atoms with Crippen LogP contribution in [0.15, 0.2) is 24.3 Å². The number of likely N-dealkylation sites (N-methyl/N-ethyl adjacent to an activating group) is 1. The molecule has 112 valence electrons. The van der Waals surface area contributed by atoms with Crippen molar-refractivity contribution >= 4 is 0 Å². The smallest absolute Gasteiger partial charge is 0.387 e. The molecule has 0 radical (unpaired) electrons. The third-order valence-corrected chi connectivity index (χ3v) is 4.16. The molecule has 1 aromatic carbocycles. The third kappa shape index (κ3) is 3.46. The number of rotatable bonds is 7. The van der Waals surface area contributed by atoms with Gasteiger partial charge in [-0.15, -0.1) is 0 Å². The molecule has 1 aliphatic rings. The predicted molar refractivity (Wildman–Crippen MR) is 74.8 cm³/mol. The van der Waals surface area contributed by atoms with Crippen molar-refractivity contribution in [3.05, 3.63) is 29.8 Å². The first-order chi connectivity index (χ1) is 9.54. The summed E-state index contributed by atoms with van der Waals surface area (Å²) in [7, 11) is 2.00. The van der Waals surface area contributed by atoms with E-state index in [0.717, 1.165) is 5.56 Å². The highest BCUT2D eigenvalue weighted by atomic mass is 19.3. The van der Waals surface area contributed by atoms with Crippen molar-refractivity contribution in [1.29, 1.82) is 0 Å². The molecule has 2 N–H and O–H groups in total. The second-order valence-electron chi connectivity index (χ2n) is 5.41. The van der Waals surface area contributed by atoms with Gasteiger partial charge in [-0.25, -0.2) is 0 Å². The summed E-state index contributed by atoms with van der Waals surface area (Å²) in [6.45, 7) is -0.283. The standard InChI is InChI=1S/C15H22F2N2O/c1-10(11-7-8-11)19(2)13(9-18)12-5-3-4-6-14(12)20-15(16)17/h3-6,10-11,13,15H,7-9,18H2,1-2H3. The molecule has 0 spiro atoms. The van der Waals surface area contributed by atoms with Crippen molar-refractivity contribution in [2.24, 2.45) is 11.7 Å². The Labute approximate surface area is 118 Å². The highest BCUT2D eigenvalue weighted by molar-refractivity contribution is 5.36. The molecule has 20 heavy (non-hydrogen) atoms. The van der Waals surface area contributed by atoms with E-state index in [9.17, 15) is 8.78 Å². The van der Waals surface area contributed by atoms with Gasteiger partial charge in [0.05, 0.1) is 6.04 Å². The topological polar surface area (TPSA) is 38.5 Å². The van der Waals surface area contributed by atoms with Gasteiger partial charge >= 0.3 is 6.61 Å². The van der Waals surface area contributed by atoms with Crippen molar-refractivity contribution in [2.45, 2.75) is 38.5 Å². The van der Waals surface area contributed by atoms with Gasteiger partial charge in [0.1, 0.15) is 5.75 Å². The van der Waals surface area contributed by atoms with Gasteiger partial charge in [0.2, 0.25) is 0 Å². The van der Waals surface area contributed by atoms with Gasteiger partial charge in [-0.05, 0) is 38.8 Å². The number of hydrogen-bond acceptors (Lipinski definition) is 3. The molecule has 2 unspecified atom stereocenters. The molecule has 0 aromatic heterocycles. The highest BCUT2D eigenvalue weighted by Gasteiger charge is 2.34. The second-order valence-corrected chi connectivity index (χ2v) is 5.41. The van der Waals surface area contributed by atoms with E-state index in [4.69, 9.17) is 5.73 Å². The number of halogens is 2. The van der Waals surface area contributed by atoms with Gasteiger partial charge in [0.15, 0.2) is 0 Å².